The highest BCUT2D eigenvalue weighted by Crippen LogP contribution is 2.43. The van der Waals surface area contributed by atoms with Gasteiger partial charge < -0.3 is 14.2 Å². The number of hydrogen-bond acceptors (Lipinski definition) is 5. The third kappa shape index (κ3) is 3.38. The molecule has 1 amide bonds. The average Bonchev–Trinajstić information content (AvgIpc) is 3.52. The second-order valence-corrected chi connectivity index (χ2v) is 8.06. The molecule has 0 saturated carbocycles. The summed E-state index contributed by atoms with van der Waals surface area (Å²) in [6.45, 7) is 1.73. The number of hydrogen-bond donors (Lipinski definition) is 0. The Bertz CT molecular complexity index is 1040. The summed E-state index contributed by atoms with van der Waals surface area (Å²) >= 11 is 0. The molecule has 154 valence electrons. The molecular weight excluding hydrogens is 382 g/mol. The Kier molecular flexibility index (Phi) is 4.61. The van der Waals surface area contributed by atoms with E-state index in [1.54, 1.807) is 23.4 Å². The predicted molar refractivity (Wildman–Crippen MR) is 108 cm³/mol. The molecule has 1 aromatic carbocycles. The number of ether oxygens (including phenoxy) is 1. The van der Waals surface area contributed by atoms with Crippen molar-refractivity contribution in [2.24, 2.45) is 5.41 Å². The number of carbonyl (C=O) groups excluding carboxylic acids is 2. The molecule has 0 N–H and O–H groups in total. The summed E-state index contributed by atoms with van der Waals surface area (Å²) in [7, 11) is 0. The molecule has 8 nitrogen and oxygen atoms in total. The number of likely N-dealkylation sites (tertiary alicyclic amines) is 1. The quantitative estimate of drug-likeness (QED) is 0.622. The van der Waals surface area contributed by atoms with Crippen LogP contribution in [0.1, 0.15) is 29.6 Å². The number of imidazole rings is 1. The van der Waals surface area contributed by atoms with Gasteiger partial charge in [0.2, 0.25) is 0 Å². The highest BCUT2D eigenvalue weighted by atomic mass is 16.6. The van der Waals surface area contributed by atoms with E-state index < -0.39 is 5.41 Å². The number of piperidine rings is 1. The third-order valence-corrected chi connectivity index (χ3v) is 6.17. The molecule has 2 aliphatic heterocycles. The van der Waals surface area contributed by atoms with Gasteiger partial charge in [-0.3, -0.25) is 9.59 Å². The maximum atomic E-state index is 13.1. The Morgan fingerprint density at radius 2 is 2.03 bits per heavy atom. The van der Waals surface area contributed by atoms with Crippen molar-refractivity contribution in [1.29, 1.82) is 0 Å². The van der Waals surface area contributed by atoms with E-state index in [0.717, 1.165) is 5.69 Å². The van der Waals surface area contributed by atoms with Crippen LogP contribution in [0.2, 0.25) is 0 Å². The van der Waals surface area contributed by atoms with E-state index in [1.807, 2.05) is 52.2 Å². The lowest BCUT2D eigenvalue weighted by atomic mass is 9.76. The molecule has 0 bridgehead atoms. The van der Waals surface area contributed by atoms with Crippen molar-refractivity contribution in [3.05, 3.63) is 67.0 Å². The summed E-state index contributed by atoms with van der Waals surface area (Å²) in [4.78, 5) is 31.6. The molecule has 30 heavy (non-hydrogen) atoms. The predicted octanol–water partition coefficient (Wildman–Crippen LogP) is 2.31. The Balaban J connectivity index is 1.24. The van der Waals surface area contributed by atoms with Crippen LogP contribution in [0.25, 0.3) is 5.69 Å². The van der Waals surface area contributed by atoms with Gasteiger partial charge in [0.1, 0.15) is 6.10 Å². The molecule has 2 aromatic heterocycles. The zero-order chi connectivity index (χ0) is 20.6. The molecule has 5 rings (SSSR count). The Labute approximate surface area is 174 Å². The highest BCUT2D eigenvalue weighted by Gasteiger charge is 2.50. The maximum absolute atomic E-state index is 13.1. The van der Waals surface area contributed by atoms with E-state index in [4.69, 9.17) is 4.74 Å². The monoisotopic (exact) mass is 405 g/mol. The first-order valence-corrected chi connectivity index (χ1v) is 10.2. The smallest absolute Gasteiger partial charge is 0.312 e. The molecular formula is C22H23N5O3. The summed E-state index contributed by atoms with van der Waals surface area (Å²) in [5, 5.41) is 4.22. The lowest BCUT2D eigenvalue weighted by Gasteiger charge is -2.36. The van der Waals surface area contributed by atoms with Gasteiger partial charge in [-0.1, -0.05) is 6.07 Å². The topological polar surface area (TPSA) is 82.2 Å². The molecule has 2 aliphatic rings. The van der Waals surface area contributed by atoms with E-state index in [1.165, 1.54) is 0 Å². The van der Waals surface area contributed by atoms with Crippen LogP contribution in [0.3, 0.4) is 0 Å². The fourth-order valence-electron chi connectivity index (χ4n) is 4.50. The number of carbonyl (C=O) groups is 2. The van der Waals surface area contributed by atoms with Crippen molar-refractivity contribution < 1.29 is 14.3 Å². The van der Waals surface area contributed by atoms with Crippen LogP contribution in [0, 0.1) is 5.41 Å². The van der Waals surface area contributed by atoms with E-state index in [-0.39, 0.29) is 18.0 Å². The van der Waals surface area contributed by atoms with Gasteiger partial charge in [-0.05, 0) is 37.1 Å². The van der Waals surface area contributed by atoms with Crippen molar-refractivity contribution in [3.8, 4) is 5.69 Å². The Morgan fingerprint density at radius 3 is 2.77 bits per heavy atom. The zero-order valence-electron chi connectivity index (χ0n) is 16.6. The second kappa shape index (κ2) is 7.44. The van der Waals surface area contributed by atoms with Gasteiger partial charge in [-0.15, -0.1) is 0 Å². The van der Waals surface area contributed by atoms with Crippen molar-refractivity contribution in [2.45, 2.75) is 31.9 Å². The summed E-state index contributed by atoms with van der Waals surface area (Å²) < 4.78 is 9.33. The minimum absolute atomic E-state index is 0.0137. The fraction of sp³-hybridized carbons (Fsp3) is 0.364. The SMILES string of the molecule is O=C(c1cccc(-n2cccn2)c1)N1CCC2(CC1)CC(Cn1ccnc1)OC2=O. The molecule has 1 atom stereocenters. The maximum Gasteiger partial charge on any atom is 0.312 e. The molecule has 4 heterocycles. The van der Waals surface area contributed by atoms with Gasteiger partial charge in [0.15, 0.2) is 0 Å². The molecule has 0 aliphatic carbocycles. The van der Waals surface area contributed by atoms with Crippen molar-refractivity contribution in [2.75, 3.05) is 13.1 Å². The summed E-state index contributed by atoms with van der Waals surface area (Å²) in [6.07, 6.45) is 10.7. The standard InChI is InChI=1S/C22H23N5O3/c28-20(17-3-1-4-18(13-17)27-9-2-7-24-27)26-10-5-22(6-11-26)14-19(30-21(22)29)15-25-12-8-23-16-25/h1-4,7-9,12-13,16,19H,5-6,10-11,14-15H2. The van der Waals surface area contributed by atoms with Gasteiger partial charge >= 0.3 is 5.97 Å². The number of aromatic nitrogens is 4. The molecule has 2 saturated heterocycles. The van der Waals surface area contributed by atoms with Gasteiger partial charge in [0.05, 0.1) is 24.0 Å². The third-order valence-electron chi connectivity index (χ3n) is 6.17. The lowest BCUT2D eigenvalue weighted by Crippen LogP contribution is -2.45. The molecule has 3 aromatic rings. The van der Waals surface area contributed by atoms with E-state index in [0.29, 0.717) is 44.5 Å². The molecule has 1 spiro atoms. The van der Waals surface area contributed by atoms with Crippen LogP contribution in [0.15, 0.2) is 61.4 Å². The lowest BCUT2D eigenvalue weighted by molar-refractivity contribution is -0.150. The number of benzene rings is 1. The minimum Gasteiger partial charge on any atom is -0.460 e. The molecule has 2 fully saturated rings. The van der Waals surface area contributed by atoms with E-state index in [9.17, 15) is 9.59 Å². The Morgan fingerprint density at radius 1 is 1.17 bits per heavy atom. The van der Waals surface area contributed by atoms with Crippen molar-refractivity contribution >= 4 is 11.9 Å². The average molecular weight is 405 g/mol. The number of nitrogens with zero attached hydrogens (tertiary/aromatic N) is 5. The van der Waals surface area contributed by atoms with Crippen molar-refractivity contribution in [3.63, 3.8) is 0 Å². The van der Waals surface area contributed by atoms with Crippen LogP contribution < -0.4 is 0 Å². The van der Waals surface area contributed by atoms with Crippen molar-refractivity contribution in [1.82, 2.24) is 24.2 Å². The first kappa shape index (κ1) is 18.6. The summed E-state index contributed by atoms with van der Waals surface area (Å²) in [5.74, 6) is -0.138. The molecule has 8 heteroatoms. The minimum atomic E-state index is -0.473. The van der Waals surface area contributed by atoms with Crippen LogP contribution in [-0.2, 0) is 16.1 Å². The number of esters is 1. The fourth-order valence-corrected chi connectivity index (χ4v) is 4.50. The zero-order valence-corrected chi connectivity index (χ0v) is 16.6. The van der Waals surface area contributed by atoms with Crippen LogP contribution >= 0.6 is 0 Å². The van der Waals surface area contributed by atoms with Gasteiger partial charge in [-0.2, -0.15) is 5.10 Å². The molecule has 1 unspecified atom stereocenters. The first-order valence-electron chi connectivity index (χ1n) is 10.2. The largest absolute Gasteiger partial charge is 0.460 e. The number of cyclic esters (lactones) is 1. The number of rotatable bonds is 4. The Hall–Kier alpha value is -3.42. The normalized spacial score (nSPS) is 20.5. The van der Waals surface area contributed by atoms with Gasteiger partial charge in [-0.25, -0.2) is 9.67 Å². The van der Waals surface area contributed by atoms with Crippen LogP contribution in [0.4, 0.5) is 0 Å². The van der Waals surface area contributed by atoms with Gasteiger partial charge in [0.25, 0.3) is 5.91 Å². The van der Waals surface area contributed by atoms with Crippen LogP contribution in [0.5, 0.6) is 0 Å². The van der Waals surface area contributed by atoms with E-state index >= 15 is 0 Å². The summed E-state index contributed by atoms with van der Waals surface area (Å²) in [5.41, 5.74) is 1.01. The van der Waals surface area contributed by atoms with Crippen LogP contribution in [-0.4, -0.2) is 55.3 Å². The molecule has 0 radical (unpaired) electrons. The summed E-state index contributed by atoms with van der Waals surface area (Å²) in [6, 6.07) is 9.31. The first-order chi connectivity index (χ1) is 14.6. The second-order valence-electron chi connectivity index (χ2n) is 8.06. The number of amides is 1. The highest BCUT2D eigenvalue weighted by molar-refractivity contribution is 5.95. The van der Waals surface area contributed by atoms with E-state index in [2.05, 4.69) is 10.1 Å². The van der Waals surface area contributed by atoms with Gasteiger partial charge in [0, 0.05) is 49.9 Å².